The Bertz CT molecular complexity index is 1600. The Balaban J connectivity index is 1.44. The molecule has 4 aromatic rings. The van der Waals surface area contributed by atoms with Gasteiger partial charge in [0.2, 0.25) is 5.91 Å². The van der Waals surface area contributed by atoms with Crippen LogP contribution < -0.4 is 16.0 Å². The molecule has 1 aliphatic rings. The molecule has 14 heteroatoms. The number of aryl methyl sites for hydroxylation is 1. The van der Waals surface area contributed by atoms with Gasteiger partial charge in [-0.2, -0.15) is 18.3 Å². The van der Waals surface area contributed by atoms with Gasteiger partial charge in [0.05, 0.1) is 54.2 Å². The summed E-state index contributed by atoms with van der Waals surface area (Å²) in [5.41, 5.74) is -1.48. The fraction of sp³-hybridized carbons (Fsp3) is 0.250. The number of carbonyl (C=O) groups is 2. The summed E-state index contributed by atoms with van der Waals surface area (Å²) in [5, 5.41) is 12.3. The second kappa shape index (κ2) is 12.0. The van der Waals surface area contributed by atoms with Gasteiger partial charge in [0.15, 0.2) is 0 Å². The van der Waals surface area contributed by atoms with Crippen molar-refractivity contribution in [2.24, 2.45) is 7.05 Å². The van der Waals surface area contributed by atoms with Crippen LogP contribution in [0.15, 0.2) is 60.9 Å². The average Bonchev–Trinajstić information content (AvgIpc) is 3.42. The zero-order chi connectivity index (χ0) is 29.9. The van der Waals surface area contributed by atoms with Crippen molar-refractivity contribution in [3.05, 3.63) is 83.7 Å². The van der Waals surface area contributed by atoms with Crippen LogP contribution in [0.4, 0.5) is 23.2 Å². The average molecular weight is 584 g/mol. The second-order valence-electron chi connectivity index (χ2n) is 9.42. The minimum atomic E-state index is -4.89. The highest BCUT2D eigenvalue weighted by molar-refractivity contribution is 6.06. The van der Waals surface area contributed by atoms with Gasteiger partial charge in [-0.15, -0.1) is 0 Å². The lowest BCUT2D eigenvalue weighted by atomic mass is 9.99. The van der Waals surface area contributed by atoms with Crippen molar-refractivity contribution in [3.63, 3.8) is 0 Å². The normalized spacial score (nSPS) is 15.3. The first-order valence-electron chi connectivity index (χ1n) is 12.8. The number of rotatable bonds is 7. The van der Waals surface area contributed by atoms with E-state index in [1.165, 1.54) is 30.2 Å². The van der Waals surface area contributed by atoms with Crippen LogP contribution in [0.1, 0.15) is 21.7 Å². The summed E-state index contributed by atoms with van der Waals surface area (Å²) < 4.78 is 62.8. The Morgan fingerprint density at radius 1 is 1.17 bits per heavy atom. The Kier molecular flexibility index (Phi) is 8.27. The predicted molar refractivity (Wildman–Crippen MR) is 143 cm³/mol. The van der Waals surface area contributed by atoms with Crippen molar-refractivity contribution in [1.82, 2.24) is 30.4 Å². The number of morpholine rings is 1. The molecular formula is C28H25F4N7O3. The van der Waals surface area contributed by atoms with E-state index in [0.717, 1.165) is 6.07 Å². The lowest BCUT2D eigenvalue weighted by Gasteiger charge is -2.22. The molecular weight excluding hydrogens is 558 g/mol. The van der Waals surface area contributed by atoms with E-state index < -0.39 is 40.6 Å². The van der Waals surface area contributed by atoms with E-state index in [2.05, 4.69) is 31.0 Å². The third kappa shape index (κ3) is 6.44. The SMILES string of the molecule is Cn1ccc(-c2cc(C(=O)Nc3cnc(CNC(=O)C4COCCN4)nc3-c3ccccc3)c(F)cc2C(F)(F)F)n1. The number of carbonyl (C=O) groups excluding carboxylic acids is 2. The van der Waals surface area contributed by atoms with Gasteiger partial charge >= 0.3 is 6.18 Å². The molecule has 1 aliphatic heterocycles. The molecule has 0 saturated carbocycles. The molecule has 3 N–H and O–H groups in total. The largest absolute Gasteiger partial charge is 0.417 e. The topological polar surface area (TPSA) is 123 Å². The Morgan fingerprint density at radius 2 is 1.95 bits per heavy atom. The number of amides is 2. The number of aromatic nitrogens is 4. The minimum absolute atomic E-state index is 0.0218. The third-order valence-electron chi connectivity index (χ3n) is 6.44. The van der Waals surface area contributed by atoms with Gasteiger partial charge in [0.25, 0.3) is 5.91 Å². The summed E-state index contributed by atoms with van der Waals surface area (Å²) >= 11 is 0. The maximum Gasteiger partial charge on any atom is 0.417 e. The van der Waals surface area contributed by atoms with Crippen LogP contribution in [0.5, 0.6) is 0 Å². The molecule has 5 rings (SSSR count). The van der Waals surface area contributed by atoms with E-state index in [4.69, 9.17) is 4.74 Å². The minimum Gasteiger partial charge on any atom is -0.378 e. The molecule has 1 unspecified atom stereocenters. The molecule has 1 fully saturated rings. The number of hydrogen-bond donors (Lipinski definition) is 3. The number of alkyl halides is 3. The molecule has 0 bridgehead atoms. The van der Waals surface area contributed by atoms with Crippen molar-refractivity contribution in [3.8, 4) is 22.5 Å². The quantitative estimate of drug-likeness (QED) is 0.285. The van der Waals surface area contributed by atoms with Crippen molar-refractivity contribution >= 4 is 17.5 Å². The van der Waals surface area contributed by atoms with E-state index in [1.807, 2.05) is 0 Å². The molecule has 1 saturated heterocycles. The number of benzene rings is 2. The van der Waals surface area contributed by atoms with Crippen LogP contribution >= 0.6 is 0 Å². The zero-order valence-corrected chi connectivity index (χ0v) is 22.2. The first kappa shape index (κ1) is 28.8. The van der Waals surface area contributed by atoms with Crippen LogP contribution in [-0.2, 0) is 29.3 Å². The number of ether oxygens (including phenoxy) is 1. The molecule has 2 aromatic carbocycles. The summed E-state index contributed by atoms with van der Waals surface area (Å²) in [6.45, 7) is 1.27. The van der Waals surface area contributed by atoms with Crippen molar-refractivity contribution in [2.75, 3.05) is 25.1 Å². The lowest BCUT2D eigenvalue weighted by molar-refractivity contribution is -0.137. The van der Waals surface area contributed by atoms with Gasteiger partial charge in [-0.3, -0.25) is 14.3 Å². The van der Waals surface area contributed by atoms with Crippen LogP contribution in [0.2, 0.25) is 0 Å². The summed E-state index contributed by atoms with van der Waals surface area (Å²) in [4.78, 5) is 34.4. The van der Waals surface area contributed by atoms with Gasteiger partial charge in [-0.25, -0.2) is 14.4 Å². The molecule has 2 aromatic heterocycles. The standard InChI is InChI=1S/C28H25F4N7O3/c1-39-9-7-21(38-39)17-11-18(20(29)12-19(17)28(30,31)32)26(40)36-22-13-34-24(37-25(22)16-5-3-2-4-6-16)14-35-27(41)23-15-42-10-8-33-23/h2-7,9,11-13,23,33H,8,10,14-15H2,1H3,(H,35,41)(H,36,40). The third-order valence-corrected chi connectivity index (χ3v) is 6.44. The molecule has 3 heterocycles. The van der Waals surface area contributed by atoms with E-state index in [9.17, 15) is 27.2 Å². The van der Waals surface area contributed by atoms with Crippen LogP contribution in [-0.4, -0.2) is 57.4 Å². The molecule has 0 aliphatic carbocycles. The zero-order valence-electron chi connectivity index (χ0n) is 22.2. The van der Waals surface area contributed by atoms with E-state index in [-0.39, 0.29) is 48.0 Å². The van der Waals surface area contributed by atoms with E-state index >= 15 is 0 Å². The highest BCUT2D eigenvalue weighted by Crippen LogP contribution is 2.38. The van der Waals surface area contributed by atoms with Crippen molar-refractivity contribution < 1.29 is 31.9 Å². The van der Waals surface area contributed by atoms with Crippen molar-refractivity contribution in [2.45, 2.75) is 18.8 Å². The lowest BCUT2D eigenvalue weighted by Crippen LogP contribution is -2.51. The maximum absolute atomic E-state index is 15.0. The number of nitrogens with one attached hydrogen (secondary N) is 3. The molecule has 1 atom stereocenters. The van der Waals surface area contributed by atoms with E-state index in [1.54, 1.807) is 30.3 Å². The van der Waals surface area contributed by atoms with Gasteiger partial charge in [0, 0.05) is 30.9 Å². The fourth-order valence-electron chi connectivity index (χ4n) is 4.38. The number of anilines is 1. The number of nitrogens with zero attached hydrogens (tertiary/aromatic N) is 4. The van der Waals surface area contributed by atoms with Crippen LogP contribution in [0.3, 0.4) is 0 Å². The fourth-order valence-corrected chi connectivity index (χ4v) is 4.38. The molecule has 2 amide bonds. The summed E-state index contributed by atoms with van der Waals surface area (Å²) in [5.74, 6) is -2.43. The van der Waals surface area contributed by atoms with Gasteiger partial charge < -0.3 is 20.7 Å². The summed E-state index contributed by atoms with van der Waals surface area (Å²) in [6.07, 6.45) is -2.16. The molecule has 10 nitrogen and oxygen atoms in total. The van der Waals surface area contributed by atoms with Gasteiger partial charge in [0.1, 0.15) is 17.7 Å². The highest BCUT2D eigenvalue weighted by atomic mass is 19.4. The predicted octanol–water partition coefficient (Wildman–Crippen LogP) is 3.56. The summed E-state index contributed by atoms with van der Waals surface area (Å²) in [6, 6.07) is 10.6. The monoisotopic (exact) mass is 583 g/mol. The Morgan fingerprint density at radius 3 is 2.62 bits per heavy atom. The first-order chi connectivity index (χ1) is 20.1. The van der Waals surface area contributed by atoms with Crippen LogP contribution in [0.25, 0.3) is 22.5 Å². The Hall–Kier alpha value is -4.69. The first-order valence-corrected chi connectivity index (χ1v) is 12.8. The summed E-state index contributed by atoms with van der Waals surface area (Å²) in [7, 11) is 1.52. The van der Waals surface area contributed by atoms with Crippen molar-refractivity contribution in [1.29, 1.82) is 0 Å². The number of hydrogen-bond acceptors (Lipinski definition) is 7. The van der Waals surface area contributed by atoms with E-state index in [0.29, 0.717) is 18.7 Å². The van der Waals surface area contributed by atoms with Crippen LogP contribution in [0, 0.1) is 5.82 Å². The smallest absolute Gasteiger partial charge is 0.378 e. The van der Waals surface area contributed by atoms with Gasteiger partial charge in [-0.05, 0) is 18.2 Å². The molecule has 0 radical (unpaired) electrons. The Labute approximate surface area is 237 Å². The second-order valence-corrected chi connectivity index (χ2v) is 9.42. The molecule has 0 spiro atoms. The highest BCUT2D eigenvalue weighted by Gasteiger charge is 2.36. The molecule has 218 valence electrons. The molecule has 42 heavy (non-hydrogen) atoms. The maximum atomic E-state index is 15.0. The van der Waals surface area contributed by atoms with Gasteiger partial charge in [-0.1, -0.05) is 30.3 Å². The number of halogens is 4.